The van der Waals surface area contributed by atoms with Crippen molar-refractivity contribution in [1.29, 1.82) is 0 Å². The van der Waals surface area contributed by atoms with Crippen molar-refractivity contribution in [2.24, 2.45) is 0 Å². The molecule has 0 aromatic rings. The topological polar surface area (TPSA) is 54.0 Å². The average molecular weight is 204 g/mol. The summed E-state index contributed by atoms with van der Waals surface area (Å²) in [6, 6.07) is 0. The van der Waals surface area contributed by atoms with Crippen molar-refractivity contribution < 1.29 is 23.7 Å². The summed E-state index contributed by atoms with van der Waals surface area (Å²) in [5.74, 6) is -0.332. The van der Waals surface area contributed by atoms with Crippen LogP contribution < -0.4 is 0 Å². The standard InChI is InChI=1S/C9H16O5/c1-6(10)14-9-7(11-2)4-13-5-8(9)12-3/h7-9H,4-5H2,1-3H3/t7-,8-/m0/s1. The maximum Gasteiger partial charge on any atom is 0.303 e. The molecule has 0 aliphatic carbocycles. The van der Waals surface area contributed by atoms with Crippen molar-refractivity contribution in [2.45, 2.75) is 25.2 Å². The van der Waals surface area contributed by atoms with E-state index < -0.39 is 0 Å². The molecule has 0 bridgehead atoms. The Morgan fingerprint density at radius 1 is 1.21 bits per heavy atom. The molecule has 5 nitrogen and oxygen atoms in total. The van der Waals surface area contributed by atoms with E-state index in [9.17, 15) is 4.79 Å². The molecule has 0 saturated carbocycles. The maximum atomic E-state index is 10.9. The molecule has 0 aromatic carbocycles. The molecule has 0 amide bonds. The monoisotopic (exact) mass is 204 g/mol. The van der Waals surface area contributed by atoms with Gasteiger partial charge < -0.3 is 18.9 Å². The maximum absolute atomic E-state index is 10.9. The van der Waals surface area contributed by atoms with E-state index in [1.165, 1.54) is 6.92 Å². The summed E-state index contributed by atoms with van der Waals surface area (Å²) >= 11 is 0. The number of carbonyl (C=O) groups is 1. The summed E-state index contributed by atoms with van der Waals surface area (Å²) < 4.78 is 20.7. The third kappa shape index (κ3) is 2.67. The van der Waals surface area contributed by atoms with Gasteiger partial charge in [0.05, 0.1) is 13.2 Å². The van der Waals surface area contributed by atoms with Crippen molar-refractivity contribution in [1.82, 2.24) is 0 Å². The molecule has 1 heterocycles. The molecule has 0 radical (unpaired) electrons. The third-order valence-corrected chi connectivity index (χ3v) is 2.20. The predicted octanol–water partition coefficient (Wildman–Crippen LogP) is -0.0217. The molecular formula is C9H16O5. The first-order valence-electron chi connectivity index (χ1n) is 4.49. The van der Waals surface area contributed by atoms with E-state index in [1.54, 1.807) is 14.2 Å². The molecule has 2 atom stereocenters. The average Bonchev–Trinajstić information content (AvgIpc) is 2.17. The van der Waals surface area contributed by atoms with Crippen molar-refractivity contribution in [2.75, 3.05) is 27.4 Å². The van der Waals surface area contributed by atoms with Crippen LogP contribution in [-0.4, -0.2) is 51.7 Å². The lowest BCUT2D eigenvalue weighted by Gasteiger charge is -2.35. The third-order valence-electron chi connectivity index (χ3n) is 2.20. The van der Waals surface area contributed by atoms with Gasteiger partial charge >= 0.3 is 5.97 Å². The highest BCUT2D eigenvalue weighted by molar-refractivity contribution is 5.66. The van der Waals surface area contributed by atoms with E-state index in [4.69, 9.17) is 18.9 Å². The number of methoxy groups -OCH3 is 2. The molecule has 14 heavy (non-hydrogen) atoms. The van der Waals surface area contributed by atoms with Gasteiger partial charge in [-0.2, -0.15) is 0 Å². The minimum atomic E-state index is -0.378. The highest BCUT2D eigenvalue weighted by Gasteiger charge is 2.36. The van der Waals surface area contributed by atoms with Crippen LogP contribution in [0.3, 0.4) is 0 Å². The largest absolute Gasteiger partial charge is 0.457 e. The van der Waals surface area contributed by atoms with Gasteiger partial charge in [0.2, 0.25) is 0 Å². The smallest absolute Gasteiger partial charge is 0.303 e. The van der Waals surface area contributed by atoms with E-state index >= 15 is 0 Å². The zero-order valence-corrected chi connectivity index (χ0v) is 8.69. The summed E-state index contributed by atoms with van der Waals surface area (Å²) in [4.78, 5) is 10.9. The first kappa shape index (κ1) is 11.4. The minimum Gasteiger partial charge on any atom is -0.457 e. The van der Waals surface area contributed by atoms with Gasteiger partial charge in [-0.3, -0.25) is 4.79 Å². The Kier molecular flexibility index (Phi) is 4.31. The van der Waals surface area contributed by atoms with Crippen LogP contribution in [0.1, 0.15) is 6.92 Å². The number of hydrogen-bond acceptors (Lipinski definition) is 5. The highest BCUT2D eigenvalue weighted by Crippen LogP contribution is 2.17. The summed E-state index contributed by atoms with van der Waals surface area (Å²) in [5, 5.41) is 0. The zero-order valence-electron chi connectivity index (χ0n) is 8.69. The molecule has 1 aliphatic rings. The van der Waals surface area contributed by atoms with Crippen LogP contribution in [0.5, 0.6) is 0 Å². The highest BCUT2D eigenvalue weighted by atomic mass is 16.6. The Bertz CT molecular complexity index is 182. The number of hydrogen-bond donors (Lipinski definition) is 0. The Hall–Kier alpha value is -0.650. The number of esters is 1. The second-order valence-electron chi connectivity index (χ2n) is 3.16. The molecule has 0 N–H and O–H groups in total. The molecule has 1 fully saturated rings. The van der Waals surface area contributed by atoms with Gasteiger partial charge in [0.25, 0.3) is 0 Å². The summed E-state index contributed by atoms with van der Waals surface area (Å²) in [5.41, 5.74) is 0. The predicted molar refractivity (Wildman–Crippen MR) is 48.0 cm³/mol. The fourth-order valence-electron chi connectivity index (χ4n) is 1.48. The minimum absolute atomic E-state index is 0.252. The van der Waals surface area contributed by atoms with Crippen LogP contribution in [-0.2, 0) is 23.7 Å². The van der Waals surface area contributed by atoms with Crippen molar-refractivity contribution in [3.8, 4) is 0 Å². The normalized spacial score (nSPS) is 28.8. The lowest BCUT2D eigenvalue weighted by atomic mass is 10.1. The lowest BCUT2D eigenvalue weighted by Crippen LogP contribution is -2.51. The molecule has 1 aliphatic heterocycles. The number of carbonyl (C=O) groups excluding carboxylic acids is 1. The van der Waals surface area contributed by atoms with Crippen molar-refractivity contribution in [3.05, 3.63) is 0 Å². The Labute approximate surface area is 83.3 Å². The van der Waals surface area contributed by atoms with Crippen molar-refractivity contribution >= 4 is 5.97 Å². The van der Waals surface area contributed by atoms with Crippen LogP contribution in [0.25, 0.3) is 0 Å². The summed E-state index contributed by atoms with van der Waals surface area (Å²) in [6.45, 7) is 2.22. The molecular weight excluding hydrogens is 188 g/mol. The number of rotatable bonds is 3. The quantitative estimate of drug-likeness (QED) is 0.605. The second-order valence-corrected chi connectivity index (χ2v) is 3.16. The Morgan fingerprint density at radius 2 is 1.71 bits per heavy atom. The summed E-state index contributed by atoms with van der Waals surface area (Å²) in [6.07, 6.45) is -0.883. The first-order valence-corrected chi connectivity index (χ1v) is 4.49. The SMILES string of the molecule is CO[C@H]1COC[C@H](OC)C1OC(C)=O. The first-order chi connectivity index (χ1) is 6.69. The Morgan fingerprint density at radius 3 is 2.07 bits per heavy atom. The van der Waals surface area contributed by atoms with Crippen LogP contribution in [0.15, 0.2) is 0 Å². The van der Waals surface area contributed by atoms with Gasteiger partial charge in [-0.15, -0.1) is 0 Å². The molecule has 1 rings (SSSR count). The van der Waals surface area contributed by atoms with Crippen LogP contribution >= 0.6 is 0 Å². The van der Waals surface area contributed by atoms with E-state index in [2.05, 4.69) is 0 Å². The van der Waals surface area contributed by atoms with E-state index in [0.29, 0.717) is 13.2 Å². The molecule has 0 unspecified atom stereocenters. The molecule has 0 spiro atoms. The second kappa shape index (κ2) is 5.29. The molecule has 5 heteroatoms. The molecule has 1 saturated heterocycles. The van der Waals surface area contributed by atoms with Crippen LogP contribution in [0.4, 0.5) is 0 Å². The van der Waals surface area contributed by atoms with Gasteiger partial charge in [0.1, 0.15) is 12.2 Å². The van der Waals surface area contributed by atoms with Gasteiger partial charge in [0, 0.05) is 21.1 Å². The fourth-order valence-corrected chi connectivity index (χ4v) is 1.48. The Balaban J connectivity index is 2.62. The van der Waals surface area contributed by atoms with Crippen molar-refractivity contribution in [3.63, 3.8) is 0 Å². The molecule has 0 aromatic heterocycles. The van der Waals surface area contributed by atoms with Crippen LogP contribution in [0, 0.1) is 0 Å². The van der Waals surface area contributed by atoms with Gasteiger partial charge in [0.15, 0.2) is 6.10 Å². The van der Waals surface area contributed by atoms with Crippen LogP contribution in [0.2, 0.25) is 0 Å². The van der Waals surface area contributed by atoms with Gasteiger partial charge in [-0.05, 0) is 0 Å². The van der Waals surface area contributed by atoms with Gasteiger partial charge in [-0.1, -0.05) is 0 Å². The lowest BCUT2D eigenvalue weighted by molar-refractivity contribution is -0.196. The van der Waals surface area contributed by atoms with E-state index in [-0.39, 0.29) is 24.3 Å². The van der Waals surface area contributed by atoms with E-state index in [0.717, 1.165) is 0 Å². The van der Waals surface area contributed by atoms with E-state index in [1.807, 2.05) is 0 Å². The fraction of sp³-hybridized carbons (Fsp3) is 0.889. The summed E-state index contributed by atoms with van der Waals surface area (Å²) in [7, 11) is 3.12. The van der Waals surface area contributed by atoms with Gasteiger partial charge in [-0.25, -0.2) is 0 Å². The number of ether oxygens (including phenoxy) is 4. The molecule has 82 valence electrons. The zero-order chi connectivity index (χ0) is 10.6.